The molecule has 0 heterocycles. The maximum Gasteiger partial charge on any atom is 0.306 e. The van der Waals surface area contributed by atoms with Gasteiger partial charge in [-0.2, -0.15) is 0 Å². The van der Waals surface area contributed by atoms with E-state index in [-0.39, 0.29) is 23.5 Å². The molecule has 0 spiro atoms. The van der Waals surface area contributed by atoms with Crippen LogP contribution in [-0.2, 0) is 19.1 Å². The Balaban J connectivity index is 3.59. The molecule has 0 aliphatic carbocycles. The van der Waals surface area contributed by atoms with Gasteiger partial charge in [0.25, 0.3) is 0 Å². The third kappa shape index (κ3) is 11.6. The zero-order chi connectivity index (χ0) is 17.0. The van der Waals surface area contributed by atoms with Gasteiger partial charge in [-0.1, -0.05) is 47.0 Å². The maximum absolute atomic E-state index is 11.7. The van der Waals surface area contributed by atoms with Gasteiger partial charge in [-0.05, 0) is 31.6 Å². The van der Waals surface area contributed by atoms with Crippen LogP contribution in [0.1, 0.15) is 86.0 Å². The zero-order valence-corrected chi connectivity index (χ0v) is 15.1. The highest BCUT2D eigenvalue weighted by Gasteiger charge is 2.23. The summed E-state index contributed by atoms with van der Waals surface area (Å²) in [6.07, 6.45) is 6.41. The summed E-state index contributed by atoms with van der Waals surface area (Å²) < 4.78 is 10.5. The second-order valence-electron chi connectivity index (χ2n) is 6.99. The molecular weight excluding hydrogens is 280 g/mol. The topological polar surface area (TPSA) is 52.6 Å². The summed E-state index contributed by atoms with van der Waals surface area (Å²) in [4.78, 5) is 23.2. The van der Waals surface area contributed by atoms with Crippen molar-refractivity contribution >= 4 is 11.9 Å². The lowest BCUT2D eigenvalue weighted by Gasteiger charge is -2.26. The largest absolute Gasteiger partial charge is 0.466 e. The van der Waals surface area contributed by atoms with E-state index in [9.17, 15) is 9.59 Å². The van der Waals surface area contributed by atoms with Gasteiger partial charge in [-0.15, -0.1) is 0 Å². The number of carbonyl (C=O) groups excluding carboxylic acids is 2. The Kier molecular flexibility index (Phi) is 10.9. The Morgan fingerprint density at radius 2 is 1.50 bits per heavy atom. The normalized spacial score (nSPS) is 12.8. The molecular formula is C18H34O4. The quantitative estimate of drug-likeness (QED) is 0.411. The molecule has 1 atom stereocenters. The molecule has 0 radical (unpaired) electrons. The summed E-state index contributed by atoms with van der Waals surface area (Å²) in [5, 5.41) is 0. The molecule has 22 heavy (non-hydrogen) atoms. The Bertz CT molecular complexity index is 318. The van der Waals surface area contributed by atoms with E-state index in [1.54, 1.807) is 0 Å². The SMILES string of the molecule is CCCCCCOC(=O)CCCCC(=O)OC(C)C(C)(C)C. The highest BCUT2D eigenvalue weighted by atomic mass is 16.5. The van der Waals surface area contributed by atoms with E-state index < -0.39 is 0 Å². The van der Waals surface area contributed by atoms with E-state index in [4.69, 9.17) is 9.47 Å². The van der Waals surface area contributed by atoms with Crippen molar-refractivity contribution in [1.29, 1.82) is 0 Å². The van der Waals surface area contributed by atoms with Crippen LogP contribution in [0, 0.1) is 5.41 Å². The second kappa shape index (κ2) is 11.5. The van der Waals surface area contributed by atoms with Gasteiger partial charge < -0.3 is 9.47 Å². The number of esters is 2. The highest BCUT2D eigenvalue weighted by molar-refractivity contribution is 5.70. The summed E-state index contributed by atoms with van der Waals surface area (Å²) >= 11 is 0. The van der Waals surface area contributed by atoms with Crippen LogP contribution in [0.5, 0.6) is 0 Å². The average molecular weight is 314 g/mol. The van der Waals surface area contributed by atoms with Crippen molar-refractivity contribution in [3.8, 4) is 0 Å². The van der Waals surface area contributed by atoms with Crippen molar-refractivity contribution < 1.29 is 19.1 Å². The van der Waals surface area contributed by atoms with Crippen LogP contribution in [0.2, 0.25) is 0 Å². The van der Waals surface area contributed by atoms with Crippen molar-refractivity contribution in [2.24, 2.45) is 5.41 Å². The van der Waals surface area contributed by atoms with E-state index in [0.29, 0.717) is 32.3 Å². The van der Waals surface area contributed by atoms with Crippen LogP contribution in [0.25, 0.3) is 0 Å². The molecule has 4 heteroatoms. The minimum Gasteiger partial charge on any atom is -0.466 e. The first kappa shape index (κ1) is 20.9. The first-order valence-corrected chi connectivity index (χ1v) is 8.62. The molecule has 0 aliphatic heterocycles. The fraction of sp³-hybridized carbons (Fsp3) is 0.889. The predicted molar refractivity (Wildman–Crippen MR) is 88.6 cm³/mol. The van der Waals surface area contributed by atoms with Gasteiger partial charge in [-0.3, -0.25) is 9.59 Å². The molecule has 0 aromatic rings. The Hall–Kier alpha value is -1.06. The number of unbranched alkanes of at least 4 members (excludes halogenated alkanes) is 4. The smallest absolute Gasteiger partial charge is 0.306 e. The van der Waals surface area contributed by atoms with Crippen LogP contribution in [0.4, 0.5) is 0 Å². The standard InChI is InChI=1S/C18H34O4/c1-6-7-8-11-14-21-16(19)12-9-10-13-17(20)22-15(2)18(3,4)5/h15H,6-14H2,1-5H3. The van der Waals surface area contributed by atoms with E-state index >= 15 is 0 Å². The summed E-state index contributed by atoms with van der Waals surface area (Å²) in [6.45, 7) is 10.7. The minimum absolute atomic E-state index is 0.0444. The molecule has 1 unspecified atom stereocenters. The minimum atomic E-state index is -0.185. The van der Waals surface area contributed by atoms with Gasteiger partial charge >= 0.3 is 11.9 Å². The maximum atomic E-state index is 11.7. The number of rotatable bonds is 11. The van der Waals surface area contributed by atoms with Crippen molar-refractivity contribution in [2.45, 2.75) is 92.1 Å². The number of ether oxygens (including phenoxy) is 2. The van der Waals surface area contributed by atoms with Crippen molar-refractivity contribution in [2.75, 3.05) is 6.61 Å². The summed E-state index contributed by atoms with van der Waals surface area (Å²) in [6, 6.07) is 0. The first-order valence-electron chi connectivity index (χ1n) is 8.62. The van der Waals surface area contributed by atoms with E-state index in [1.807, 2.05) is 27.7 Å². The van der Waals surface area contributed by atoms with Gasteiger partial charge in [0, 0.05) is 12.8 Å². The Labute approximate surface area is 135 Å². The monoisotopic (exact) mass is 314 g/mol. The predicted octanol–water partition coefficient (Wildman–Crippen LogP) is 4.65. The molecule has 0 N–H and O–H groups in total. The lowest BCUT2D eigenvalue weighted by atomic mass is 9.90. The average Bonchev–Trinajstić information content (AvgIpc) is 2.42. The Morgan fingerprint density at radius 1 is 0.909 bits per heavy atom. The van der Waals surface area contributed by atoms with E-state index in [0.717, 1.165) is 12.8 Å². The Morgan fingerprint density at radius 3 is 2.05 bits per heavy atom. The van der Waals surface area contributed by atoms with Crippen molar-refractivity contribution in [1.82, 2.24) is 0 Å². The summed E-state index contributed by atoms with van der Waals surface area (Å²) in [5.41, 5.74) is -0.0444. The molecule has 0 saturated carbocycles. The van der Waals surface area contributed by atoms with Crippen LogP contribution in [0.15, 0.2) is 0 Å². The molecule has 0 aliphatic rings. The molecule has 0 aromatic carbocycles. The summed E-state index contributed by atoms with van der Waals surface area (Å²) in [5.74, 6) is -0.344. The molecule has 0 bridgehead atoms. The lowest BCUT2D eigenvalue weighted by molar-refractivity contribution is -0.153. The van der Waals surface area contributed by atoms with Crippen LogP contribution in [-0.4, -0.2) is 24.6 Å². The van der Waals surface area contributed by atoms with Gasteiger partial charge in [-0.25, -0.2) is 0 Å². The van der Waals surface area contributed by atoms with Crippen LogP contribution in [0.3, 0.4) is 0 Å². The van der Waals surface area contributed by atoms with Crippen molar-refractivity contribution in [3.63, 3.8) is 0 Å². The molecule has 130 valence electrons. The third-order valence-electron chi connectivity index (χ3n) is 3.80. The van der Waals surface area contributed by atoms with Gasteiger partial charge in [0.2, 0.25) is 0 Å². The van der Waals surface area contributed by atoms with Gasteiger partial charge in [0.05, 0.1) is 6.61 Å². The molecule has 0 saturated heterocycles. The van der Waals surface area contributed by atoms with E-state index in [2.05, 4.69) is 6.92 Å². The van der Waals surface area contributed by atoms with Gasteiger partial charge in [0.15, 0.2) is 0 Å². The molecule has 0 amide bonds. The second-order valence-corrected chi connectivity index (χ2v) is 6.99. The molecule has 0 rings (SSSR count). The third-order valence-corrected chi connectivity index (χ3v) is 3.80. The zero-order valence-electron chi connectivity index (χ0n) is 15.1. The van der Waals surface area contributed by atoms with Crippen LogP contribution >= 0.6 is 0 Å². The van der Waals surface area contributed by atoms with Crippen molar-refractivity contribution in [3.05, 3.63) is 0 Å². The number of carbonyl (C=O) groups is 2. The molecule has 0 fully saturated rings. The molecule has 4 nitrogen and oxygen atoms in total. The highest BCUT2D eigenvalue weighted by Crippen LogP contribution is 2.22. The molecule has 0 aromatic heterocycles. The van der Waals surface area contributed by atoms with E-state index in [1.165, 1.54) is 12.8 Å². The number of hydrogen-bond donors (Lipinski definition) is 0. The lowest BCUT2D eigenvalue weighted by Crippen LogP contribution is -2.28. The fourth-order valence-corrected chi connectivity index (χ4v) is 1.76. The fourth-order valence-electron chi connectivity index (χ4n) is 1.76. The number of hydrogen-bond acceptors (Lipinski definition) is 4. The first-order chi connectivity index (χ1) is 10.3. The summed E-state index contributed by atoms with van der Waals surface area (Å²) in [7, 11) is 0. The van der Waals surface area contributed by atoms with Crippen LogP contribution < -0.4 is 0 Å². The van der Waals surface area contributed by atoms with Gasteiger partial charge in [0.1, 0.15) is 6.10 Å².